The number of benzene rings is 3. The van der Waals surface area contributed by atoms with E-state index in [-0.39, 0.29) is 12.5 Å². The molecule has 1 aliphatic heterocycles. The number of rotatable bonds is 5. The fourth-order valence-electron chi connectivity index (χ4n) is 3.60. The molecule has 1 unspecified atom stereocenters. The van der Waals surface area contributed by atoms with Crippen LogP contribution in [0.5, 0.6) is 0 Å². The third-order valence-electron chi connectivity index (χ3n) is 5.20. The molecule has 6 heteroatoms. The van der Waals surface area contributed by atoms with E-state index in [1.165, 1.54) is 4.90 Å². The Kier molecular flexibility index (Phi) is 5.06. The maximum Gasteiger partial charge on any atom is 0.325 e. The molecule has 6 nitrogen and oxygen atoms in total. The van der Waals surface area contributed by atoms with Crippen LogP contribution in [0.25, 0.3) is 0 Å². The van der Waals surface area contributed by atoms with Gasteiger partial charge in [0.2, 0.25) is 0 Å². The second-order valence-electron chi connectivity index (χ2n) is 7.21. The molecule has 0 bridgehead atoms. The van der Waals surface area contributed by atoms with Crippen molar-refractivity contribution in [2.75, 3.05) is 11.4 Å². The van der Waals surface area contributed by atoms with Gasteiger partial charge in [-0.2, -0.15) is 0 Å². The van der Waals surface area contributed by atoms with E-state index in [1.54, 1.807) is 31.2 Å². The van der Waals surface area contributed by atoms with E-state index < -0.39 is 17.5 Å². The number of para-hydroxylation sites is 2. The minimum atomic E-state index is -1.21. The number of amides is 4. The number of carbonyl (C=O) groups excluding carboxylic acids is 3. The zero-order valence-electron chi connectivity index (χ0n) is 16.5. The molecule has 150 valence electrons. The molecule has 3 aromatic carbocycles. The maximum atomic E-state index is 13.3. The molecule has 1 heterocycles. The lowest BCUT2D eigenvalue weighted by atomic mass is 9.92. The Balaban J connectivity index is 1.63. The summed E-state index contributed by atoms with van der Waals surface area (Å²) in [6.07, 6.45) is 0. The van der Waals surface area contributed by atoms with Crippen molar-refractivity contribution in [2.45, 2.75) is 12.5 Å². The van der Waals surface area contributed by atoms with Crippen molar-refractivity contribution in [1.82, 2.24) is 10.2 Å². The molecular weight excluding hydrogens is 378 g/mol. The van der Waals surface area contributed by atoms with Gasteiger partial charge in [-0.3, -0.25) is 19.4 Å². The van der Waals surface area contributed by atoms with Crippen molar-refractivity contribution < 1.29 is 14.4 Å². The number of urea groups is 1. The highest BCUT2D eigenvalue weighted by molar-refractivity contribution is 6.11. The first-order valence-corrected chi connectivity index (χ1v) is 9.63. The van der Waals surface area contributed by atoms with Crippen LogP contribution in [0, 0.1) is 0 Å². The molecule has 1 atom stereocenters. The lowest BCUT2D eigenvalue weighted by Crippen LogP contribution is -2.43. The van der Waals surface area contributed by atoms with E-state index in [0.717, 1.165) is 4.90 Å². The Morgan fingerprint density at radius 3 is 1.80 bits per heavy atom. The molecule has 0 aliphatic carbocycles. The smallest absolute Gasteiger partial charge is 0.319 e. The van der Waals surface area contributed by atoms with Gasteiger partial charge in [0.05, 0.1) is 0 Å². The van der Waals surface area contributed by atoms with Gasteiger partial charge in [-0.05, 0) is 36.8 Å². The predicted molar refractivity (Wildman–Crippen MR) is 114 cm³/mol. The molecule has 3 aromatic rings. The van der Waals surface area contributed by atoms with Crippen molar-refractivity contribution in [3.63, 3.8) is 0 Å². The lowest BCUT2D eigenvalue weighted by Gasteiger charge is -2.25. The molecule has 0 spiro atoms. The van der Waals surface area contributed by atoms with E-state index in [1.807, 2.05) is 66.7 Å². The second kappa shape index (κ2) is 7.83. The highest BCUT2D eigenvalue weighted by atomic mass is 16.2. The zero-order chi connectivity index (χ0) is 21.1. The van der Waals surface area contributed by atoms with Gasteiger partial charge in [-0.1, -0.05) is 66.7 Å². The van der Waals surface area contributed by atoms with Crippen LogP contribution < -0.4 is 10.2 Å². The number of hydrogen-bond acceptors (Lipinski definition) is 3. The van der Waals surface area contributed by atoms with Crippen LogP contribution >= 0.6 is 0 Å². The Hall–Kier alpha value is -3.93. The van der Waals surface area contributed by atoms with Gasteiger partial charge in [0, 0.05) is 11.4 Å². The number of nitrogens with zero attached hydrogens (tertiary/aromatic N) is 2. The molecule has 1 fully saturated rings. The summed E-state index contributed by atoms with van der Waals surface area (Å²) < 4.78 is 0. The molecule has 0 saturated carbocycles. The molecule has 0 radical (unpaired) electrons. The summed E-state index contributed by atoms with van der Waals surface area (Å²) in [7, 11) is 0. The molecule has 1 saturated heterocycles. The fraction of sp³-hybridized carbons (Fsp3) is 0.125. The molecule has 1 N–H and O–H groups in total. The Labute approximate surface area is 174 Å². The third-order valence-corrected chi connectivity index (χ3v) is 5.20. The van der Waals surface area contributed by atoms with Gasteiger partial charge >= 0.3 is 6.03 Å². The standard InChI is InChI=1S/C24H21N3O3/c1-24(18-11-5-2-6-12-18)22(29)26(23(30)25-24)17-21(28)27(19-13-7-3-8-14-19)20-15-9-4-10-16-20/h2-16H,17H2,1H3,(H,25,30). The summed E-state index contributed by atoms with van der Waals surface area (Å²) in [5.41, 5.74) is 0.780. The predicted octanol–water partition coefficient (Wildman–Crippen LogP) is 3.82. The van der Waals surface area contributed by atoms with Crippen molar-refractivity contribution in [2.24, 2.45) is 0 Å². The summed E-state index contributed by atoms with van der Waals surface area (Å²) in [6.45, 7) is 1.29. The largest absolute Gasteiger partial charge is 0.325 e. The monoisotopic (exact) mass is 399 g/mol. The summed E-state index contributed by atoms with van der Waals surface area (Å²) in [4.78, 5) is 41.6. The van der Waals surface area contributed by atoms with E-state index in [2.05, 4.69) is 5.32 Å². The minimum Gasteiger partial charge on any atom is -0.319 e. The van der Waals surface area contributed by atoms with Gasteiger partial charge in [0.25, 0.3) is 11.8 Å². The van der Waals surface area contributed by atoms with E-state index in [0.29, 0.717) is 16.9 Å². The van der Waals surface area contributed by atoms with Crippen LogP contribution in [-0.2, 0) is 15.1 Å². The Morgan fingerprint density at radius 2 is 1.30 bits per heavy atom. The topological polar surface area (TPSA) is 69.7 Å². The van der Waals surface area contributed by atoms with Crippen LogP contribution in [0.4, 0.5) is 16.2 Å². The summed E-state index contributed by atoms with van der Waals surface area (Å²) in [5.74, 6) is -0.832. The number of hydrogen-bond donors (Lipinski definition) is 1. The third kappa shape index (κ3) is 3.43. The first kappa shape index (κ1) is 19.4. The SMILES string of the molecule is CC1(c2ccccc2)NC(=O)N(CC(=O)N(c2ccccc2)c2ccccc2)C1=O. The summed E-state index contributed by atoms with van der Waals surface area (Å²) in [6, 6.07) is 26.7. The molecule has 4 rings (SSSR count). The van der Waals surface area contributed by atoms with Crippen LogP contribution in [-0.4, -0.2) is 29.3 Å². The van der Waals surface area contributed by atoms with Crippen LogP contribution in [0.3, 0.4) is 0 Å². The van der Waals surface area contributed by atoms with Crippen LogP contribution in [0.1, 0.15) is 12.5 Å². The minimum absolute atomic E-state index is 0.364. The second-order valence-corrected chi connectivity index (χ2v) is 7.21. The van der Waals surface area contributed by atoms with Crippen LogP contribution in [0.2, 0.25) is 0 Å². The van der Waals surface area contributed by atoms with Crippen molar-refractivity contribution in [1.29, 1.82) is 0 Å². The number of imide groups is 1. The van der Waals surface area contributed by atoms with Crippen LogP contribution in [0.15, 0.2) is 91.0 Å². The number of carbonyl (C=O) groups is 3. The van der Waals surface area contributed by atoms with Crippen molar-refractivity contribution >= 4 is 29.2 Å². The Morgan fingerprint density at radius 1 is 0.833 bits per heavy atom. The molecule has 0 aromatic heterocycles. The highest BCUT2D eigenvalue weighted by Crippen LogP contribution is 2.30. The van der Waals surface area contributed by atoms with Gasteiger partial charge in [0.15, 0.2) is 0 Å². The average molecular weight is 399 g/mol. The van der Waals surface area contributed by atoms with Gasteiger partial charge in [0.1, 0.15) is 12.1 Å². The lowest BCUT2D eigenvalue weighted by molar-refractivity contribution is -0.134. The first-order chi connectivity index (χ1) is 14.5. The highest BCUT2D eigenvalue weighted by Gasteiger charge is 2.49. The molecule has 4 amide bonds. The summed E-state index contributed by atoms with van der Waals surface area (Å²) >= 11 is 0. The Bertz CT molecular complexity index is 1030. The molecular formula is C24H21N3O3. The van der Waals surface area contributed by atoms with E-state index in [4.69, 9.17) is 0 Å². The maximum absolute atomic E-state index is 13.3. The zero-order valence-corrected chi connectivity index (χ0v) is 16.5. The van der Waals surface area contributed by atoms with Gasteiger partial charge in [-0.25, -0.2) is 4.79 Å². The van der Waals surface area contributed by atoms with E-state index >= 15 is 0 Å². The first-order valence-electron chi connectivity index (χ1n) is 9.63. The average Bonchev–Trinajstić information content (AvgIpc) is 3.00. The fourth-order valence-corrected chi connectivity index (χ4v) is 3.60. The summed E-state index contributed by atoms with van der Waals surface area (Å²) in [5, 5.41) is 2.74. The van der Waals surface area contributed by atoms with Gasteiger partial charge < -0.3 is 5.32 Å². The van der Waals surface area contributed by atoms with Crippen molar-refractivity contribution in [3.8, 4) is 0 Å². The normalized spacial score (nSPS) is 18.2. The molecule has 1 aliphatic rings. The van der Waals surface area contributed by atoms with Crippen molar-refractivity contribution in [3.05, 3.63) is 96.6 Å². The van der Waals surface area contributed by atoms with Gasteiger partial charge in [-0.15, -0.1) is 0 Å². The molecule has 30 heavy (non-hydrogen) atoms. The number of nitrogens with one attached hydrogen (secondary N) is 1. The van der Waals surface area contributed by atoms with E-state index in [9.17, 15) is 14.4 Å². The quantitative estimate of drug-likeness (QED) is 0.663. The number of anilines is 2.